The summed E-state index contributed by atoms with van der Waals surface area (Å²) in [6.07, 6.45) is -0.957. The van der Waals surface area contributed by atoms with Crippen molar-refractivity contribution in [1.82, 2.24) is 10.4 Å². The third-order valence-electron chi connectivity index (χ3n) is 4.28. The molecule has 1 N–H and O–H groups in total. The molecule has 8 nitrogen and oxygen atoms in total. The SMILES string of the molecule is O=C(CC(NC(=O)OCc1ccccc1)c1ccccc1)ON1C(=O)CCC1=O. The Kier molecular flexibility index (Phi) is 6.57. The number of amides is 3. The summed E-state index contributed by atoms with van der Waals surface area (Å²) in [6.45, 7) is 0.0788. The summed E-state index contributed by atoms with van der Waals surface area (Å²) in [6, 6.07) is 17.2. The highest BCUT2D eigenvalue weighted by Crippen LogP contribution is 2.20. The fraction of sp³-hybridized carbons (Fsp3) is 0.238. The lowest BCUT2D eigenvalue weighted by molar-refractivity contribution is -0.197. The van der Waals surface area contributed by atoms with E-state index in [1.807, 2.05) is 30.3 Å². The van der Waals surface area contributed by atoms with Gasteiger partial charge in [-0.2, -0.15) is 0 Å². The Morgan fingerprint density at radius 3 is 2.14 bits per heavy atom. The zero-order chi connectivity index (χ0) is 20.6. The highest BCUT2D eigenvalue weighted by atomic mass is 16.7. The van der Waals surface area contributed by atoms with Crippen LogP contribution in [0.5, 0.6) is 0 Å². The number of hydrogen-bond donors (Lipinski definition) is 1. The van der Waals surface area contributed by atoms with Gasteiger partial charge in [-0.25, -0.2) is 9.59 Å². The van der Waals surface area contributed by atoms with Gasteiger partial charge in [0.2, 0.25) is 0 Å². The molecule has 8 heteroatoms. The van der Waals surface area contributed by atoms with E-state index in [4.69, 9.17) is 9.57 Å². The van der Waals surface area contributed by atoms with Crippen LogP contribution in [0.1, 0.15) is 36.4 Å². The third-order valence-corrected chi connectivity index (χ3v) is 4.28. The number of benzene rings is 2. The van der Waals surface area contributed by atoms with Crippen molar-refractivity contribution in [3.05, 3.63) is 71.8 Å². The molecular formula is C21H20N2O6. The van der Waals surface area contributed by atoms with Crippen molar-refractivity contribution in [2.75, 3.05) is 0 Å². The van der Waals surface area contributed by atoms with Gasteiger partial charge in [0.25, 0.3) is 11.8 Å². The van der Waals surface area contributed by atoms with Gasteiger partial charge >= 0.3 is 12.1 Å². The number of ether oxygens (including phenoxy) is 1. The second-order valence-corrected chi connectivity index (χ2v) is 6.42. The highest BCUT2D eigenvalue weighted by Gasteiger charge is 2.33. The van der Waals surface area contributed by atoms with E-state index in [1.54, 1.807) is 30.3 Å². The van der Waals surface area contributed by atoms with Crippen molar-refractivity contribution in [2.24, 2.45) is 0 Å². The van der Waals surface area contributed by atoms with E-state index in [0.717, 1.165) is 5.56 Å². The maximum absolute atomic E-state index is 12.3. The Balaban J connectivity index is 1.62. The Morgan fingerprint density at radius 1 is 0.931 bits per heavy atom. The van der Waals surface area contributed by atoms with Crippen molar-refractivity contribution in [3.63, 3.8) is 0 Å². The maximum Gasteiger partial charge on any atom is 0.407 e. The lowest BCUT2D eigenvalue weighted by atomic mass is 10.0. The third kappa shape index (κ3) is 5.65. The van der Waals surface area contributed by atoms with Crippen molar-refractivity contribution in [3.8, 4) is 0 Å². The quantitative estimate of drug-likeness (QED) is 0.722. The first-order valence-electron chi connectivity index (χ1n) is 9.11. The van der Waals surface area contributed by atoms with E-state index in [-0.39, 0.29) is 25.9 Å². The van der Waals surface area contributed by atoms with Crippen LogP contribution in [0.15, 0.2) is 60.7 Å². The number of imide groups is 1. The molecular weight excluding hydrogens is 376 g/mol. The van der Waals surface area contributed by atoms with Crippen LogP contribution in [0.25, 0.3) is 0 Å². The predicted octanol–water partition coefficient (Wildman–Crippen LogP) is 2.65. The first-order valence-corrected chi connectivity index (χ1v) is 9.11. The van der Waals surface area contributed by atoms with Crippen LogP contribution < -0.4 is 5.32 Å². The van der Waals surface area contributed by atoms with Crippen molar-refractivity contribution in [1.29, 1.82) is 0 Å². The average Bonchev–Trinajstić information content (AvgIpc) is 3.05. The number of rotatable bonds is 7. The minimum atomic E-state index is -0.814. The summed E-state index contributed by atoms with van der Waals surface area (Å²) in [5.74, 6) is -1.93. The van der Waals surface area contributed by atoms with Gasteiger partial charge in [0.1, 0.15) is 6.61 Å². The van der Waals surface area contributed by atoms with Crippen LogP contribution in [0.3, 0.4) is 0 Å². The number of hydroxylamine groups is 2. The van der Waals surface area contributed by atoms with Crippen molar-refractivity contribution >= 4 is 23.9 Å². The summed E-state index contributed by atoms with van der Waals surface area (Å²) >= 11 is 0. The van der Waals surface area contributed by atoms with E-state index in [2.05, 4.69) is 5.32 Å². The molecule has 3 rings (SSSR count). The topological polar surface area (TPSA) is 102 Å². The lowest BCUT2D eigenvalue weighted by Gasteiger charge is -2.20. The minimum Gasteiger partial charge on any atom is -0.445 e. The molecule has 2 aromatic rings. The second-order valence-electron chi connectivity index (χ2n) is 6.42. The standard InChI is InChI=1S/C21H20N2O6/c24-18-11-12-19(25)23(18)29-20(26)13-17(16-9-5-2-6-10-16)22-21(27)28-14-15-7-3-1-4-8-15/h1-10,17H,11-14H2,(H,22,27). The first-order chi connectivity index (χ1) is 14.0. The van der Waals surface area contributed by atoms with Crippen LogP contribution in [0.4, 0.5) is 4.79 Å². The lowest BCUT2D eigenvalue weighted by Crippen LogP contribution is -2.35. The van der Waals surface area contributed by atoms with E-state index < -0.39 is 29.9 Å². The zero-order valence-corrected chi connectivity index (χ0v) is 15.6. The largest absolute Gasteiger partial charge is 0.445 e. The number of nitrogens with zero attached hydrogens (tertiary/aromatic N) is 1. The summed E-state index contributed by atoms with van der Waals surface area (Å²) in [4.78, 5) is 52.6. The molecule has 1 fully saturated rings. The highest BCUT2D eigenvalue weighted by molar-refractivity contribution is 6.01. The normalized spacial score (nSPS) is 14.4. The average molecular weight is 396 g/mol. The minimum absolute atomic E-state index is 0.0122. The molecule has 3 amide bonds. The molecule has 1 aliphatic rings. The molecule has 0 radical (unpaired) electrons. The Hall–Kier alpha value is -3.68. The number of alkyl carbamates (subject to hydrolysis) is 1. The summed E-state index contributed by atoms with van der Waals surface area (Å²) < 4.78 is 5.21. The van der Waals surface area contributed by atoms with Crippen molar-refractivity contribution < 1.29 is 28.8 Å². The van der Waals surface area contributed by atoms with Crippen LogP contribution >= 0.6 is 0 Å². The zero-order valence-electron chi connectivity index (χ0n) is 15.6. The van der Waals surface area contributed by atoms with Crippen LogP contribution in [0, 0.1) is 0 Å². The molecule has 2 aromatic carbocycles. The first kappa shape index (κ1) is 20.1. The molecule has 0 aromatic heterocycles. The fourth-order valence-corrected chi connectivity index (χ4v) is 2.81. The molecule has 1 saturated heterocycles. The van der Waals surface area contributed by atoms with E-state index in [1.165, 1.54) is 0 Å². The smallest absolute Gasteiger partial charge is 0.407 e. The summed E-state index contributed by atoms with van der Waals surface area (Å²) in [5, 5.41) is 3.12. The van der Waals surface area contributed by atoms with Crippen molar-refractivity contribution in [2.45, 2.75) is 31.9 Å². The predicted molar refractivity (Wildman–Crippen MR) is 101 cm³/mol. The summed E-state index contributed by atoms with van der Waals surface area (Å²) in [5.41, 5.74) is 1.48. The van der Waals surface area contributed by atoms with Gasteiger partial charge < -0.3 is 14.9 Å². The van der Waals surface area contributed by atoms with E-state index >= 15 is 0 Å². The molecule has 0 aliphatic carbocycles. The number of carbonyl (C=O) groups is 4. The van der Waals surface area contributed by atoms with E-state index in [0.29, 0.717) is 10.6 Å². The fourth-order valence-electron chi connectivity index (χ4n) is 2.81. The van der Waals surface area contributed by atoms with Gasteiger partial charge in [-0.3, -0.25) is 9.59 Å². The Bertz CT molecular complexity index is 869. The van der Waals surface area contributed by atoms with Gasteiger partial charge in [0, 0.05) is 12.8 Å². The molecule has 0 spiro atoms. The number of carbonyl (C=O) groups excluding carboxylic acids is 4. The maximum atomic E-state index is 12.3. The molecule has 29 heavy (non-hydrogen) atoms. The molecule has 0 bridgehead atoms. The molecule has 1 heterocycles. The van der Waals surface area contributed by atoms with Gasteiger partial charge in [-0.15, -0.1) is 5.06 Å². The molecule has 1 atom stereocenters. The molecule has 1 aliphatic heterocycles. The van der Waals surface area contributed by atoms with Gasteiger partial charge in [-0.05, 0) is 11.1 Å². The van der Waals surface area contributed by atoms with Gasteiger partial charge in [-0.1, -0.05) is 60.7 Å². The van der Waals surface area contributed by atoms with Gasteiger partial charge in [0.05, 0.1) is 12.5 Å². The number of nitrogens with one attached hydrogen (secondary N) is 1. The van der Waals surface area contributed by atoms with Gasteiger partial charge in [0.15, 0.2) is 0 Å². The van der Waals surface area contributed by atoms with Crippen LogP contribution in [0.2, 0.25) is 0 Å². The second kappa shape index (κ2) is 9.50. The Morgan fingerprint density at radius 2 is 1.52 bits per heavy atom. The van der Waals surface area contributed by atoms with Crippen LogP contribution in [-0.4, -0.2) is 28.9 Å². The summed E-state index contributed by atoms with van der Waals surface area (Å²) in [7, 11) is 0. The monoisotopic (exact) mass is 396 g/mol. The molecule has 150 valence electrons. The number of hydrogen-bond acceptors (Lipinski definition) is 6. The van der Waals surface area contributed by atoms with E-state index in [9.17, 15) is 19.2 Å². The Labute approximate surface area is 167 Å². The molecule has 1 unspecified atom stereocenters. The van der Waals surface area contributed by atoms with Crippen LogP contribution in [-0.2, 0) is 30.6 Å². The molecule has 0 saturated carbocycles.